The van der Waals surface area contributed by atoms with Crippen LogP contribution in [0.3, 0.4) is 0 Å². The van der Waals surface area contributed by atoms with Gasteiger partial charge in [-0.25, -0.2) is 0 Å². The summed E-state index contributed by atoms with van der Waals surface area (Å²) < 4.78 is 0. The van der Waals surface area contributed by atoms with Crippen molar-refractivity contribution in [3.05, 3.63) is 42.0 Å². The molecule has 0 aliphatic carbocycles. The van der Waals surface area contributed by atoms with E-state index in [0.29, 0.717) is 12.8 Å². The number of carbonyl (C=O) groups is 1. The first-order valence-electron chi connectivity index (χ1n) is 5.64. The Labute approximate surface area is 97.2 Å². The summed E-state index contributed by atoms with van der Waals surface area (Å²) in [5.41, 5.74) is 8.55. The fourth-order valence-electron chi connectivity index (χ4n) is 1.52. The zero-order chi connectivity index (χ0) is 12.0. The Hall–Kier alpha value is -1.57. The van der Waals surface area contributed by atoms with Gasteiger partial charge in [0.2, 0.25) is 0 Å². The highest BCUT2D eigenvalue weighted by atomic mass is 16.1. The van der Waals surface area contributed by atoms with Crippen LogP contribution in [0.4, 0.5) is 5.69 Å². The lowest BCUT2D eigenvalue weighted by atomic mass is 10.0. The maximum absolute atomic E-state index is 11.6. The number of aryl methyl sites for hydroxylation is 1. The molecule has 0 aliphatic rings. The lowest BCUT2D eigenvalue weighted by Gasteiger charge is -2.03. The van der Waals surface area contributed by atoms with E-state index in [0.717, 1.165) is 29.7 Å². The molecule has 2 N–H and O–H groups in total. The summed E-state index contributed by atoms with van der Waals surface area (Å²) in [6.07, 6.45) is 2.73. The molecule has 0 saturated heterocycles. The van der Waals surface area contributed by atoms with Crippen LogP contribution in [0.5, 0.6) is 0 Å². The molecule has 0 aromatic heterocycles. The Morgan fingerprint density at radius 1 is 1.44 bits per heavy atom. The predicted molar refractivity (Wildman–Crippen MR) is 68.2 cm³/mol. The maximum Gasteiger partial charge on any atom is 0.137 e. The van der Waals surface area contributed by atoms with Gasteiger partial charge in [-0.05, 0) is 30.5 Å². The number of anilines is 1. The summed E-state index contributed by atoms with van der Waals surface area (Å²) in [4.78, 5) is 11.6. The third-order valence-electron chi connectivity index (χ3n) is 2.59. The van der Waals surface area contributed by atoms with E-state index in [2.05, 4.69) is 6.58 Å². The van der Waals surface area contributed by atoms with Crippen molar-refractivity contribution in [1.29, 1.82) is 0 Å². The Balaban J connectivity index is 2.40. The molecule has 16 heavy (non-hydrogen) atoms. The molecule has 0 saturated carbocycles. The fraction of sp³-hybridized carbons (Fsp3) is 0.357. The van der Waals surface area contributed by atoms with Crippen LogP contribution >= 0.6 is 0 Å². The number of rotatable bonds is 6. The van der Waals surface area contributed by atoms with Crippen LogP contribution in [-0.2, 0) is 11.2 Å². The number of hydrogen-bond donors (Lipinski definition) is 1. The first-order valence-corrected chi connectivity index (χ1v) is 5.64. The number of nitrogens with two attached hydrogens (primary N) is 1. The van der Waals surface area contributed by atoms with Gasteiger partial charge in [0.15, 0.2) is 0 Å². The Bertz CT molecular complexity index is 382. The number of nitrogen functional groups attached to an aromatic ring is 1. The summed E-state index contributed by atoms with van der Waals surface area (Å²) in [6.45, 7) is 5.86. The quantitative estimate of drug-likeness (QED) is 0.587. The van der Waals surface area contributed by atoms with E-state index < -0.39 is 0 Å². The summed E-state index contributed by atoms with van der Waals surface area (Å²) in [7, 11) is 0. The molecule has 0 amide bonds. The minimum absolute atomic E-state index is 0.259. The van der Waals surface area contributed by atoms with Gasteiger partial charge in [-0.1, -0.05) is 31.2 Å². The zero-order valence-corrected chi connectivity index (χ0v) is 9.83. The molecule has 0 heterocycles. The predicted octanol–water partition coefficient (Wildman–Crippen LogP) is 3.13. The maximum atomic E-state index is 11.6. The molecule has 0 aliphatic heterocycles. The van der Waals surface area contributed by atoms with Gasteiger partial charge in [-0.3, -0.25) is 4.79 Å². The highest BCUT2D eigenvalue weighted by Crippen LogP contribution is 2.11. The van der Waals surface area contributed by atoms with E-state index in [-0.39, 0.29) is 5.78 Å². The zero-order valence-electron chi connectivity index (χ0n) is 9.83. The Kier molecular flexibility index (Phi) is 4.77. The molecular formula is C14H19NO. The van der Waals surface area contributed by atoms with E-state index in [4.69, 9.17) is 5.73 Å². The third-order valence-corrected chi connectivity index (χ3v) is 2.59. The van der Waals surface area contributed by atoms with Crippen molar-refractivity contribution in [3.8, 4) is 0 Å². The van der Waals surface area contributed by atoms with Crippen LogP contribution in [0, 0.1) is 0 Å². The van der Waals surface area contributed by atoms with E-state index in [9.17, 15) is 4.79 Å². The average molecular weight is 217 g/mol. The van der Waals surface area contributed by atoms with Gasteiger partial charge in [0.1, 0.15) is 5.78 Å². The van der Waals surface area contributed by atoms with Gasteiger partial charge in [0.05, 0.1) is 0 Å². The monoisotopic (exact) mass is 217 g/mol. The van der Waals surface area contributed by atoms with Crippen molar-refractivity contribution in [2.45, 2.75) is 32.6 Å². The van der Waals surface area contributed by atoms with E-state index in [1.807, 2.05) is 31.2 Å². The molecular weight excluding hydrogens is 198 g/mol. The molecule has 1 aromatic carbocycles. The van der Waals surface area contributed by atoms with Crippen LogP contribution in [0.1, 0.15) is 31.7 Å². The SMILES string of the molecule is C=C(CC)CC(=O)CCc1cccc(N)c1. The highest BCUT2D eigenvalue weighted by Gasteiger charge is 2.04. The van der Waals surface area contributed by atoms with Crippen LogP contribution in [0.25, 0.3) is 0 Å². The average Bonchev–Trinajstić information content (AvgIpc) is 2.26. The Morgan fingerprint density at radius 2 is 2.19 bits per heavy atom. The molecule has 86 valence electrons. The van der Waals surface area contributed by atoms with Crippen molar-refractivity contribution < 1.29 is 4.79 Å². The molecule has 0 radical (unpaired) electrons. The van der Waals surface area contributed by atoms with Crippen LogP contribution < -0.4 is 5.73 Å². The van der Waals surface area contributed by atoms with E-state index >= 15 is 0 Å². The molecule has 0 spiro atoms. The largest absolute Gasteiger partial charge is 0.399 e. The van der Waals surface area contributed by atoms with Gasteiger partial charge >= 0.3 is 0 Å². The van der Waals surface area contributed by atoms with Gasteiger partial charge < -0.3 is 5.73 Å². The summed E-state index contributed by atoms with van der Waals surface area (Å²) >= 11 is 0. The number of Topliss-reactive ketones (excluding diaryl/α,β-unsaturated/α-hetero) is 1. The van der Waals surface area contributed by atoms with Crippen molar-refractivity contribution in [3.63, 3.8) is 0 Å². The molecule has 0 fully saturated rings. The molecule has 0 atom stereocenters. The van der Waals surface area contributed by atoms with Crippen LogP contribution in [-0.4, -0.2) is 5.78 Å². The van der Waals surface area contributed by atoms with Gasteiger partial charge in [0.25, 0.3) is 0 Å². The number of ketones is 1. The van der Waals surface area contributed by atoms with Crippen molar-refractivity contribution in [2.24, 2.45) is 0 Å². The van der Waals surface area contributed by atoms with Gasteiger partial charge in [-0.2, -0.15) is 0 Å². The summed E-state index contributed by atoms with van der Waals surface area (Å²) in [5, 5.41) is 0. The molecule has 0 unspecified atom stereocenters. The van der Waals surface area contributed by atoms with Crippen molar-refractivity contribution in [1.82, 2.24) is 0 Å². The smallest absolute Gasteiger partial charge is 0.137 e. The normalized spacial score (nSPS) is 10.1. The number of benzene rings is 1. The minimum Gasteiger partial charge on any atom is -0.399 e. The van der Waals surface area contributed by atoms with Crippen molar-refractivity contribution in [2.75, 3.05) is 5.73 Å². The van der Waals surface area contributed by atoms with E-state index in [1.54, 1.807) is 0 Å². The molecule has 0 bridgehead atoms. The number of allylic oxidation sites excluding steroid dienone is 1. The number of carbonyl (C=O) groups excluding carboxylic acids is 1. The van der Waals surface area contributed by atoms with Crippen molar-refractivity contribution >= 4 is 11.5 Å². The second-order valence-corrected chi connectivity index (χ2v) is 4.06. The first kappa shape index (κ1) is 12.5. The molecule has 1 aromatic rings. The molecule has 2 heteroatoms. The molecule has 1 rings (SSSR count). The van der Waals surface area contributed by atoms with E-state index in [1.165, 1.54) is 0 Å². The molecule has 2 nitrogen and oxygen atoms in total. The lowest BCUT2D eigenvalue weighted by Crippen LogP contribution is -2.01. The van der Waals surface area contributed by atoms with Gasteiger partial charge in [-0.15, -0.1) is 0 Å². The standard InChI is InChI=1S/C14H19NO/c1-3-11(2)9-14(16)8-7-12-5-4-6-13(15)10-12/h4-6,10H,2-3,7-9,15H2,1H3. The second-order valence-electron chi connectivity index (χ2n) is 4.06. The minimum atomic E-state index is 0.259. The summed E-state index contributed by atoms with van der Waals surface area (Å²) in [5.74, 6) is 0.259. The second kappa shape index (κ2) is 6.11. The number of hydrogen-bond acceptors (Lipinski definition) is 2. The first-order chi connectivity index (χ1) is 7.61. The highest BCUT2D eigenvalue weighted by molar-refractivity contribution is 5.80. The van der Waals surface area contributed by atoms with Gasteiger partial charge in [0, 0.05) is 18.5 Å². The van der Waals surface area contributed by atoms with Crippen LogP contribution in [0.15, 0.2) is 36.4 Å². The fourth-order valence-corrected chi connectivity index (χ4v) is 1.52. The Morgan fingerprint density at radius 3 is 2.81 bits per heavy atom. The summed E-state index contributed by atoms with van der Waals surface area (Å²) in [6, 6.07) is 7.69. The lowest BCUT2D eigenvalue weighted by molar-refractivity contribution is -0.118. The third kappa shape index (κ3) is 4.30. The topological polar surface area (TPSA) is 43.1 Å². The van der Waals surface area contributed by atoms with Crippen LogP contribution in [0.2, 0.25) is 0 Å².